The molecule has 2 aromatic rings. The molecule has 5 heteroatoms. The molecular formula is C16H22ClN3O. The molecule has 0 aliphatic carbocycles. The number of ether oxygens (including phenoxy) is 1. The number of fused-ring (bicyclic) bond motifs is 1. The van der Waals surface area contributed by atoms with E-state index in [2.05, 4.69) is 17.6 Å². The summed E-state index contributed by atoms with van der Waals surface area (Å²) in [5, 5.41) is 0. The molecule has 1 atom stereocenters. The molecule has 0 N–H and O–H groups in total. The minimum Gasteiger partial charge on any atom is -0.381 e. The Kier molecular flexibility index (Phi) is 4.45. The van der Waals surface area contributed by atoms with E-state index in [9.17, 15) is 0 Å². The van der Waals surface area contributed by atoms with Crippen LogP contribution in [-0.4, -0.2) is 33.6 Å². The maximum absolute atomic E-state index is 5.96. The van der Waals surface area contributed by atoms with Crippen molar-refractivity contribution in [3.05, 3.63) is 23.7 Å². The number of aryl methyl sites for hydroxylation is 2. The lowest BCUT2D eigenvalue weighted by Crippen LogP contribution is -2.25. The number of halogens is 1. The van der Waals surface area contributed by atoms with Crippen molar-refractivity contribution in [1.29, 1.82) is 0 Å². The van der Waals surface area contributed by atoms with E-state index in [0.717, 1.165) is 55.2 Å². The zero-order chi connectivity index (χ0) is 14.8. The van der Waals surface area contributed by atoms with Crippen molar-refractivity contribution in [3.8, 4) is 0 Å². The first-order valence-corrected chi connectivity index (χ1v) is 8.22. The molecule has 4 nitrogen and oxygen atoms in total. The summed E-state index contributed by atoms with van der Waals surface area (Å²) in [5.41, 5.74) is 2.99. The van der Waals surface area contributed by atoms with Gasteiger partial charge in [-0.05, 0) is 44.7 Å². The lowest BCUT2D eigenvalue weighted by atomic mass is 9.92. The highest BCUT2D eigenvalue weighted by Crippen LogP contribution is 2.31. The summed E-state index contributed by atoms with van der Waals surface area (Å²) in [6, 6.07) is 4.46. The monoisotopic (exact) mass is 307 g/mol. The highest BCUT2D eigenvalue weighted by molar-refractivity contribution is 6.17. The Hall–Kier alpha value is -1.13. The van der Waals surface area contributed by atoms with Gasteiger partial charge in [-0.1, -0.05) is 0 Å². The van der Waals surface area contributed by atoms with Crippen molar-refractivity contribution < 1.29 is 4.74 Å². The summed E-state index contributed by atoms with van der Waals surface area (Å²) in [7, 11) is 0. The molecule has 0 amide bonds. The highest BCUT2D eigenvalue weighted by Gasteiger charge is 2.25. The molecule has 1 saturated heterocycles. The van der Waals surface area contributed by atoms with Crippen LogP contribution in [0.25, 0.3) is 11.2 Å². The molecule has 21 heavy (non-hydrogen) atoms. The zero-order valence-corrected chi connectivity index (χ0v) is 13.4. The second-order valence-electron chi connectivity index (χ2n) is 5.82. The molecular weight excluding hydrogens is 286 g/mol. The summed E-state index contributed by atoms with van der Waals surface area (Å²) in [6.07, 6.45) is 2.99. The van der Waals surface area contributed by atoms with Gasteiger partial charge < -0.3 is 9.30 Å². The smallest absolute Gasteiger partial charge is 0.160 e. The quantitative estimate of drug-likeness (QED) is 0.812. The maximum atomic E-state index is 5.96. The first-order valence-electron chi connectivity index (χ1n) is 7.69. The molecule has 0 bridgehead atoms. The number of alkyl halides is 1. The van der Waals surface area contributed by atoms with E-state index in [-0.39, 0.29) is 0 Å². The van der Waals surface area contributed by atoms with Crippen LogP contribution in [0.3, 0.4) is 0 Å². The predicted octanol–water partition coefficient (Wildman–Crippen LogP) is 3.51. The van der Waals surface area contributed by atoms with Gasteiger partial charge in [-0.15, -0.1) is 11.6 Å². The number of pyridine rings is 1. The molecule has 0 saturated carbocycles. The average Bonchev–Trinajstić information content (AvgIpc) is 2.85. The van der Waals surface area contributed by atoms with E-state index in [1.807, 2.05) is 13.0 Å². The molecule has 2 aromatic heterocycles. The number of nitrogens with zero attached hydrogens (tertiary/aromatic N) is 3. The summed E-state index contributed by atoms with van der Waals surface area (Å²) < 4.78 is 7.80. The van der Waals surface area contributed by atoms with E-state index >= 15 is 0 Å². The van der Waals surface area contributed by atoms with Gasteiger partial charge in [-0.3, -0.25) is 0 Å². The second-order valence-corrected chi connectivity index (χ2v) is 6.20. The Labute approximate surface area is 130 Å². The minimum atomic E-state index is 0.381. The largest absolute Gasteiger partial charge is 0.381 e. The Balaban J connectivity index is 2.04. The molecule has 114 valence electrons. The fourth-order valence-electron chi connectivity index (χ4n) is 3.21. The highest BCUT2D eigenvalue weighted by atomic mass is 35.5. The van der Waals surface area contributed by atoms with Crippen molar-refractivity contribution in [2.75, 3.05) is 19.1 Å². The van der Waals surface area contributed by atoms with Crippen molar-refractivity contribution in [1.82, 2.24) is 14.5 Å². The van der Waals surface area contributed by atoms with E-state index in [1.165, 1.54) is 0 Å². The standard InChI is InChI=1S/C16H22ClN3O/c1-11-3-4-14-16(18-11)20(15(19-14)5-8-17)12(2)13-6-9-21-10-7-13/h3-4,12-13H,5-10H2,1-2H3. The average molecular weight is 308 g/mol. The van der Waals surface area contributed by atoms with Crippen LogP contribution in [0.15, 0.2) is 12.1 Å². The first-order chi connectivity index (χ1) is 10.2. The van der Waals surface area contributed by atoms with Gasteiger partial charge in [-0.25, -0.2) is 9.97 Å². The van der Waals surface area contributed by atoms with Crippen LogP contribution in [0.5, 0.6) is 0 Å². The lowest BCUT2D eigenvalue weighted by molar-refractivity contribution is 0.0514. The molecule has 1 unspecified atom stereocenters. The number of hydrogen-bond donors (Lipinski definition) is 0. The van der Waals surface area contributed by atoms with E-state index in [4.69, 9.17) is 26.3 Å². The van der Waals surface area contributed by atoms with Gasteiger partial charge in [0.05, 0.1) is 0 Å². The van der Waals surface area contributed by atoms with Gasteiger partial charge >= 0.3 is 0 Å². The van der Waals surface area contributed by atoms with Crippen LogP contribution in [0.2, 0.25) is 0 Å². The van der Waals surface area contributed by atoms with Crippen molar-refractivity contribution in [2.45, 2.75) is 39.2 Å². The van der Waals surface area contributed by atoms with E-state index in [1.54, 1.807) is 0 Å². The van der Waals surface area contributed by atoms with Gasteiger partial charge in [-0.2, -0.15) is 0 Å². The lowest BCUT2D eigenvalue weighted by Gasteiger charge is -2.29. The Morgan fingerprint density at radius 1 is 1.33 bits per heavy atom. The minimum absolute atomic E-state index is 0.381. The third kappa shape index (κ3) is 2.92. The van der Waals surface area contributed by atoms with Gasteiger partial charge in [0.25, 0.3) is 0 Å². The predicted molar refractivity (Wildman–Crippen MR) is 84.9 cm³/mol. The Bertz CT molecular complexity index is 619. The SMILES string of the molecule is Cc1ccc2nc(CCCl)n(C(C)C3CCOCC3)c2n1. The molecule has 1 aliphatic rings. The summed E-state index contributed by atoms with van der Waals surface area (Å²) in [4.78, 5) is 9.46. The third-order valence-electron chi connectivity index (χ3n) is 4.42. The summed E-state index contributed by atoms with van der Waals surface area (Å²) in [5.74, 6) is 2.26. The van der Waals surface area contributed by atoms with E-state index in [0.29, 0.717) is 17.8 Å². The van der Waals surface area contributed by atoms with Crippen LogP contribution in [0, 0.1) is 12.8 Å². The molecule has 3 rings (SSSR count). The fraction of sp³-hybridized carbons (Fsp3) is 0.625. The fourth-order valence-corrected chi connectivity index (χ4v) is 3.38. The summed E-state index contributed by atoms with van der Waals surface area (Å²) in [6.45, 7) is 6.02. The van der Waals surface area contributed by atoms with Crippen LogP contribution < -0.4 is 0 Å². The van der Waals surface area contributed by atoms with Gasteiger partial charge in [0.15, 0.2) is 5.65 Å². The van der Waals surface area contributed by atoms with Crippen LogP contribution in [0.1, 0.15) is 37.3 Å². The Morgan fingerprint density at radius 2 is 2.10 bits per heavy atom. The number of imidazole rings is 1. The molecule has 3 heterocycles. The topological polar surface area (TPSA) is 39.9 Å². The number of rotatable bonds is 4. The van der Waals surface area contributed by atoms with Crippen LogP contribution in [-0.2, 0) is 11.2 Å². The van der Waals surface area contributed by atoms with Gasteiger partial charge in [0, 0.05) is 37.3 Å². The molecule has 0 radical (unpaired) electrons. The Morgan fingerprint density at radius 3 is 2.81 bits per heavy atom. The summed E-state index contributed by atoms with van der Waals surface area (Å²) >= 11 is 5.96. The maximum Gasteiger partial charge on any atom is 0.160 e. The first kappa shape index (κ1) is 14.8. The van der Waals surface area contributed by atoms with Crippen LogP contribution in [0.4, 0.5) is 0 Å². The van der Waals surface area contributed by atoms with Crippen molar-refractivity contribution in [3.63, 3.8) is 0 Å². The number of hydrogen-bond acceptors (Lipinski definition) is 3. The van der Waals surface area contributed by atoms with Gasteiger partial charge in [0.1, 0.15) is 11.3 Å². The molecule has 1 fully saturated rings. The molecule has 0 spiro atoms. The molecule has 0 aromatic carbocycles. The van der Waals surface area contributed by atoms with Crippen molar-refractivity contribution >= 4 is 22.8 Å². The molecule has 1 aliphatic heterocycles. The van der Waals surface area contributed by atoms with Gasteiger partial charge in [0.2, 0.25) is 0 Å². The van der Waals surface area contributed by atoms with Crippen LogP contribution >= 0.6 is 11.6 Å². The zero-order valence-electron chi connectivity index (χ0n) is 12.7. The third-order valence-corrected chi connectivity index (χ3v) is 4.61. The normalized spacial score (nSPS) is 18.2. The second kappa shape index (κ2) is 6.32. The van der Waals surface area contributed by atoms with E-state index < -0.39 is 0 Å². The van der Waals surface area contributed by atoms with Crippen molar-refractivity contribution in [2.24, 2.45) is 5.92 Å². The number of aromatic nitrogens is 3.